The molecule has 0 aromatic rings. The molecule has 1 fully saturated rings. The molecule has 1 heteroatoms. The van der Waals surface area contributed by atoms with E-state index in [4.69, 9.17) is 5.73 Å². The molecule has 10 heavy (non-hydrogen) atoms. The SMILES string of the molecule is CC(C)C(C)C1(N)CCC1. The molecule has 1 rings (SSSR count). The smallest absolute Gasteiger partial charge is 0.0182 e. The van der Waals surface area contributed by atoms with E-state index >= 15 is 0 Å². The highest BCUT2D eigenvalue weighted by molar-refractivity contribution is 4.97. The quantitative estimate of drug-likeness (QED) is 0.626. The van der Waals surface area contributed by atoms with Crippen molar-refractivity contribution in [3.8, 4) is 0 Å². The van der Waals surface area contributed by atoms with E-state index in [0.29, 0.717) is 5.92 Å². The van der Waals surface area contributed by atoms with E-state index in [0.717, 1.165) is 5.92 Å². The fourth-order valence-corrected chi connectivity index (χ4v) is 1.70. The van der Waals surface area contributed by atoms with Crippen molar-refractivity contribution in [1.29, 1.82) is 0 Å². The Bertz CT molecular complexity index is 114. The highest BCUT2D eigenvalue weighted by Crippen LogP contribution is 2.38. The van der Waals surface area contributed by atoms with Gasteiger partial charge in [0.1, 0.15) is 0 Å². The molecule has 1 nitrogen and oxygen atoms in total. The van der Waals surface area contributed by atoms with E-state index in [2.05, 4.69) is 20.8 Å². The summed E-state index contributed by atoms with van der Waals surface area (Å²) < 4.78 is 0. The second-order valence-electron chi connectivity index (χ2n) is 4.12. The summed E-state index contributed by atoms with van der Waals surface area (Å²) in [7, 11) is 0. The molecule has 0 saturated heterocycles. The van der Waals surface area contributed by atoms with Crippen LogP contribution in [0.4, 0.5) is 0 Å². The third-order valence-corrected chi connectivity index (χ3v) is 3.19. The van der Waals surface area contributed by atoms with E-state index in [9.17, 15) is 0 Å². The van der Waals surface area contributed by atoms with Crippen molar-refractivity contribution < 1.29 is 0 Å². The first-order chi connectivity index (χ1) is 4.56. The Balaban J connectivity index is 2.46. The topological polar surface area (TPSA) is 26.0 Å². The van der Waals surface area contributed by atoms with Gasteiger partial charge in [0.05, 0.1) is 0 Å². The lowest BCUT2D eigenvalue weighted by Gasteiger charge is -2.45. The lowest BCUT2D eigenvalue weighted by atomic mass is 9.66. The Morgan fingerprint density at radius 3 is 1.80 bits per heavy atom. The lowest BCUT2D eigenvalue weighted by molar-refractivity contribution is 0.129. The van der Waals surface area contributed by atoms with Crippen molar-refractivity contribution in [3.63, 3.8) is 0 Å². The molecule has 0 radical (unpaired) electrons. The number of nitrogens with two attached hydrogens (primary N) is 1. The maximum absolute atomic E-state index is 6.15. The molecule has 1 aliphatic carbocycles. The minimum absolute atomic E-state index is 0.203. The van der Waals surface area contributed by atoms with Crippen LogP contribution in [0.3, 0.4) is 0 Å². The van der Waals surface area contributed by atoms with Crippen LogP contribution in [0.15, 0.2) is 0 Å². The van der Waals surface area contributed by atoms with Gasteiger partial charge in [0.15, 0.2) is 0 Å². The van der Waals surface area contributed by atoms with Crippen molar-refractivity contribution in [2.24, 2.45) is 17.6 Å². The third kappa shape index (κ3) is 1.20. The summed E-state index contributed by atoms with van der Waals surface area (Å²) in [6.45, 7) is 6.80. The summed E-state index contributed by atoms with van der Waals surface area (Å²) in [6.07, 6.45) is 3.83. The molecular weight excluding hydrogens is 122 g/mol. The van der Waals surface area contributed by atoms with E-state index < -0.39 is 0 Å². The van der Waals surface area contributed by atoms with Crippen LogP contribution in [0.5, 0.6) is 0 Å². The third-order valence-electron chi connectivity index (χ3n) is 3.19. The Morgan fingerprint density at radius 2 is 1.70 bits per heavy atom. The van der Waals surface area contributed by atoms with Gasteiger partial charge in [0.25, 0.3) is 0 Å². The molecule has 60 valence electrons. The molecule has 0 bridgehead atoms. The first kappa shape index (κ1) is 8.06. The standard InChI is InChI=1S/C9H19N/c1-7(2)8(3)9(10)5-4-6-9/h7-8H,4-6,10H2,1-3H3. The summed E-state index contributed by atoms with van der Waals surface area (Å²) in [5.41, 5.74) is 6.35. The first-order valence-corrected chi connectivity index (χ1v) is 4.35. The molecule has 0 aromatic heterocycles. The van der Waals surface area contributed by atoms with Crippen molar-refractivity contribution in [2.45, 2.75) is 45.6 Å². The highest BCUT2D eigenvalue weighted by Gasteiger charge is 2.38. The minimum atomic E-state index is 0.203. The van der Waals surface area contributed by atoms with Gasteiger partial charge in [-0.25, -0.2) is 0 Å². The summed E-state index contributed by atoms with van der Waals surface area (Å²) in [4.78, 5) is 0. The maximum Gasteiger partial charge on any atom is 0.0182 e. The monoisotopic (exact) mass is 141 g/mol. The zero-order valence-corrected chi connectivity index (χ0v) is 7.35. The van der Waals surface area contributed by atoms with E-state index in [-0.39, 0.29) is 5.54 Å². The van der Waals surface area contributed by atoms with Crippen LogP contribution in [0, 0.1) is 11.8 Å². The molecule has 0 amide bonds. The zero-order valence-electron chi connectivity index (χ0n) is 7.35. The van der Waals surface area contributed by atoms with Crippen LogP contribution in [0.25, 0.3) is 0 Å². The van der Waals surface area contributed by atoms with Crippen LogP contribution in [-0.2, 0) is 0 Å². The highest BCUT2D eigenvalue weighted by atomic mass is 14.8. The Hall–Kier alpha value is -0.0400. The Kier molecular flexibility index (Phi) is 2.04. The van der Waals surface area contributed by atoms with Crippen LogP contribution >= 0.6 is 0 Å². The number of rotatable bonds is 2. The van der Waals surface area contributed by atoms with Gasteiger partial charge in [0, 0.05) is 5.54 Å². The van der Waals surface area contributed by atoms with Crippen molar-refractivity contribution in [3.05, 3.63) is 0 Å². The van der Waals surface area contributed by atoms with Gasteiger partial charge in [-0.05, 0) is 31.1 Å². The van der Waals surface area contributed by atoms with Gasteiger partial charge in [-0.15, -0.1) is 0 Å². The molecule has 1 atom stereocenters. The minimum Gasteiger partial charge on any atom is -0.325 e. The van der Waals surface area contributed by atoms with Gasteiger partial charge in [0.2, 0.25) is 0 Å². The number of hydrogen-bond donors (Lipinski definition) is 1. The predicted octanol–water partition coefficient (Wildman–Crippen LogP) is 2.16. The molecule has 1 aliphatic rings. The second-order valence-corrected chi connectivity index (χ2v) is 4.12. The van der Waals surface area contributed by atoms with Gasteiger partial charge >= 0.3 is 0 Å². The molecule has 1 saturated carbocycles. The lowest BCUT2D eigenvalue weighted by Crippen LogP contribution is -2.53. The molecule has 1 unspecified atom stereocenters. The Labute approximate surface area is 64.0 Å². The van der Waals surface area contributed by atoms with Crippen LogP contribution in [-0.4, -0.2) is 5.54 Å². The van der Waals surface area contributed by atoms with E-state index in [1.807, 2.05) is 0 Å². The molecule has 0 heterocycles. The molecular formula is C9H19N. The van der Waals surface area contributed by atoms with Gasteiger partial charge in [-0.1, -0.05) is 20.8 Å². The van der Waals surface area contributed by atoms with Gasteiger partial charge in [-0.2, -0.15) is 0 Å². The van der Waals surface area contributed by atoms with Crippen molar-refractivity contribution in [2.75, 3.05) is 0 Å². The average molecular weight is 141 g/mol. The normalized spacial score (nSPS) is 26.1. The second kappa shape index (κ2) is 2.54. The van der Waals surface area contributed by atoms with Gasteiger partial charge in [-0.3, -0.25) is 0 Å². The fraction of sp³-hybridized carbons (Fsp3) is 1.00. The molecule has 0 aliphatic heterocycles. The largest absolute Gasteiger partial charge is 0.325 e. The van der Waals surface area contributed by atoms with Crippen molar-refractivity contribution >= 4 is 0 Å². The van der Waals surface area contributed by atoms with Crippen LogP contribution in [0.1, 0.15) is 40.0 Å². The first-order valence-electron chi connectivity index (χ1n) is 4.35. The van der Waals surface area contributed by atoms with E-state index in [1.54, 1.807) is 0 Å². The molecule has 0 aromatic carbocycles. The fourth-order valence-electron chi connectivity index (χ4n) is 1.70. The average Bonchev–Trinajstić information content (AvgIpc) is 1.81. The molecule has 0 spiro atoms. The van der Waals surface area contributed by atoms with Gasteiger partial charge < -0.3 is 5.73 Å². The van der Waals surface area contributed by atoms with E-state index in [1.165, 1.54) is 19.3 Å². The predicted molar refractivity (Wildman–Crippen MR) is 44.8 cm³/mol. The summed E-state index contributed by atoms with van der Waals surface area (Å²) in [6, 6.07) is 0. The number of hydrogen-bond acceptors (Lipinski definition) is 1. The molecule has 2 N–H and O–H groups in total. The van der Waals surface area contributed by atoms with Crippen molar-refractivity contribution in [1.82, 2.24) is 0 Å². The van der Waals surface area contributed by atoms with Crippen LogP contribution in [0.2, 0.25) is 0 Å². The maximum atomic E-state index is 6.15. The van der Waals surface area contributed by atoms with Crippen LogP contribution < -0.4 is 5.73 Å². The zero-order chi connectivity index (χ0) is 7.78. The summed E-state index contributed by atoms with van der Waals surface area (Å²) in [5, 5.41) is 0. The summed E-state index contributed by atoms with van der Waals surface area (Å²) in [5.74, 6) is 1.44. The Morgan fingerprint density at radius 1 is 1.20 bits per heavy atom. The summed E-state index contributed by atoms with van der Waals surface area (Å²) >= 11 is 0.